The average molecular weight is 366 g/mol. The van der Waals surface area contributed by atoms with Crippen LogP contribution in [0.15, 0.2) is 85.1 Å². The van der Waals surface area contributed by atoms with Crippen molar-refractivity contribution in [1.29, 1.82) is 5.26 Å². The molecule has 4 aromatic rings. The van der Waals surface area contributed by atoms with Gasteiger partial charge in [0, 0.05) is 0 Å². The van der Waals surface area contributed by atoms with Crippen LogP contribution in [0.4, 0.5) is 0 Å². The van der Waals surface area contributed by atoms with Crippen molar-refractivity contribution in [2.45, 2.75) is 0 Å². The summed E-state index contributed by atoms with van der Waals surface area (Å²) in [6.07, 6.45) is 1.53. The van der Waals surface area contributed by atoms with E-state index in [9.17, 15) is 4.79 Å². The normalized spacial score (nSPS) is 10.2. The molecule has 0 saturated heterocycles. The van der Waals surface area contributed by atoms with Crippen molar-refractivity contribution in [3.8, 4) is 28.6 Å². The number of carbonyl (C=O) groups excluding carboxylic acids is 1. The molecule has 1 aromatic heterocycles. The summed E-state index contributed by atoms with van der Waals surface area (Å²) in [7, 11) is 0. The van der Waals surface area contributed by atoms with Crippen LogP contribution in [0.2, 0.25) is 0 Å². The predicted molar refractivity (Wildman–Crippen MR) is 103 cm³/mol. The zero-order valence-corrected chi connectivity index (χ0v) is 14.7. The lowest BCUT2D eigenvalue weighted by molar-refractivity contribution is 0.0728. The van der Waals surface area contributed by atoms with Gasteiger partial charge in [-0.25, -0.2) is 9.48 Å². The van der Waals surface area contributed by atoms with E-state index < -0.39 is 5.97 Å². The van der Waals surface area contributed by atoms with Crippen LogP contribution < -0.4 is 4.74 Å². The van der Waals surface area contributed by atoms with E-state index in [1.54, 1.807) is 24.3 Å². The summed E-state index contributed by atoms with van der Waals surface area (Å²) in [5.41, 5.74) is 3.47. The predicted octanol–water partition coefficient (Wildman–Crippen LogP) is 4.03. The van der Waals surface area contributed by atoms with Gasteiger partial charge in [-0.1, -0.05) is 47.7 Å². The van der Waals surface area contributed by atoms with Gasteiger partial charge in [0.05, 0.1) is 23.5 Å². The molecule has 6 nitrogen and oxygen atoms in total. The molecule has 0 bridgehead atoms. The fraction of sp³-hybridized carbons (Fsp3) is 0. The molecule has 0 radical (unpaired) electrons. The van der Waals surface area contributed by atoms with Gasteiger partial charge in [-0.3, -0.25) is 0 Å². The zero-order chi connectivity index (χ0) is 19.3. The fourth-order valence-electron chi connectivity index (χ4n) is 2.68. The number of para-hydroxylation sites is 1. The van der Waals surface area contributed by atoms with Crippen molar-refractivity contribution < 1.29 is 9.53 Å². The molecule has 4 rings (SSSR count). The van der Waals surface area contributed by atoms with Crippen LogP contribution in [0.3, 0.4) is 0 Å². The number of rotatable bonds is 4. The highest BCUT2D eigenvalue weighted by atomic mass is 16.5. The maximum absolute atomic E-state index is 12.3. The second-order valence-electron chi connectivity index (χ2n) is 5.99. The topological polar surface area (TPSA) is 80.8 Å². The standard InChI is InChI=1S/C22H14N4O2/c23-14-16-6-8-17(9-7-16)18-10-12-20(13-11-18)28-22(27)21-15-26(25-24-21)19-4-2-1-3-5-19/h1-13,15H. The van der Waals surface area contributed by atoms with Crippen LogP contribution in [-0.2, 0) is 0 Å². The van der Waals surface area contributed by atoms with Gasteiger partial charge in [0.2, 0.25) is 0 Å². The monoisotopic (exact) mass is 366 g/mol. The number of nitriles is 1. The van der Waals surface area contributed by atoms with Crippen LogP contribution in [0, 0.1) is 11.3 Å². The molecule has 0 amide bonds. The molecule has 3 aromatic carbocycles. The number of benzene rings is 3. The molecule has 28 heavy (non-hydrogen) atoms. The Balaban J connectivity index is 1.46. The molecule has 0 aliphatic carbocycles. The summed E-state index contributed by atoms with van der Waals surface area (Å²) >= 11 is 0. The Kier molecular flexibility index (Phi) is 4.64. The van der Waals surface area contributed by atoms with E-state index in [-0.39, 0.29) is 5.69 Å². The molecule has 0 aliphatic rings. The molecule has 6 heteroatoms. The summed E-state index contributed by atoms with van der Waals surface area (Å²) in [5.74, 6) is -0.162. The maximum Gasteiger partial charge on any atom is 0.365 e. The number of hydrogen-bond donors (Lipinski definition) is 0. The first kappa shape index (κ1) is 17.2. The van der Waals surface area contributed by atoms with Crippen LogP contribution in [-0.4, -0.2) is 21.0 Å². The number of hydrogen-bond acceptors (Lipinski definition) is 5. The number of carbonyl (C=O) groups is 1. The first-order chi connectivity index (χ1) is 13.7. The van der Waals surface area contributed by atoms with Gasteiger partial charge >= 0.3 is 5.97 Å². The second-order valence-corrected chi connectivity index (χ2v) is 5.99. The quantitative estimate of drug-likeness (QED) is 0.402. The van der Waals surface area contributed by atoms with E-state index >= 15 is 0 Å². The molecule has 1 heterocycles. The van der Waals surface area contributed by atoms with Gasteiger partial charge in [0.25, 0.3) is 0 Å². The molecule has 0 aliphatic heterocycles. The SMILES string of the molecule is N#Cc1ccc(-c2ccc(OC(=O)c3cn(-c4ccccc4)nn3)cc2)cc1. The van der Waals surface area contributed by atoms with Gasteiger partial charge < -0.3 is 4.74 Å². The average Bonchev–Trinajstić information content (AvgIpc) is 3.26. The lowest BCUT2D eigenvalue weighted by atomic mass is 10.0. The lowest BCUT2D eigenvalue weighted by Crippen LogP contribution is -2.08. The Labute approximate surface area is 161 Å². The van der Waals surface area contributed by atoms with Gasteiger partial charge in [-0.15, -0.1) is 5.10 Å². The molecule has 0 unspecified atom stereocenters. The van der Waals surface area contributed by atoms with Crippen molar-refractivity contribution in [3.63, 3.8) is 0 Å². The molecular weight excluding hydrogens is 352 g/mol. The van der Waals surface area contributed by atoms with Crippen molar-refractivity contribution in [3.05, 3.63) is 96.3 Å². The van der Waals surface area contributed by atoms with Gasteiger partial charge in [0.15, 0.2) is 5.69 Å². The van der Waals surface area contributed by atoms with E-state index in [1.165, 1.54) is 10.9 Å². The lowest BCUT2D eigenvalue weighted by Gasteiger charge is -2.05. The summed E-state index contributed by atoms with van der Waals surface area (Å²) in [4.78, 5) is 12.3. The Bertz CT molecular complexity index is 1140. The van der Waals surface area contributed by atoms with Gasteiger partial charge in [-0.2, -0.15) is 5.26 Å². The first-order valence-corrected chi connectivity index (χ1v) is 8.53. The number of esters is 1. The van der Waals surface area contributed by atoms with Crippen molar-refractivity contribution in [2.75, 3.05) is 0 Å². The Hall–Kier alpha value is -4.24. The van der Waals surface area contributed by atoms with E-state index in [1.807, 2.05) is 54.6 Å². The Morgan fingerprint density at radius 1 is 0.893 bits per heavy atom. The third-order valence-electron chi connectivity index (χ3n) is 4.14. The molecule has 0 saturated carbocycles. The van der Waals surface area contributed by atoms with Crippen molar-refractivity contribution in [2.24, 2.45) is 0 Å². The minimum atomic E-state index is -0.576. The van der Waals surface area contributed by atoms with Crippen LogP contribution in [0.25, 0.3) is 16.8 Å². The second kappa shape index (κ2) is 7.56. The van der Waals surface area contributed by atoms with Gasteiger partial charge in [0.1, 0.15) is 5.75 Å². The summed E-state index contributed by atoms with van der Waals surface area (Å²) in [6.45, 7) is 0. The number of aromatic nitrogens is 3. The summed E-state index contributed by atoms with van der Waals surface area (Å²) < 4.78 is 6.90. The van der Waals surface area contributed by atoms with E-state index in [0.717, 1.165) is 16.8 Å². The van der Waals surface area contributed by atoms with Crippen LogP contribution in [0.1, 0.15) is 16.1 Å². The number of nitrogens with zero attached hydrogens (tertiary/aromatic N) is 4. The molecule has 0 spiro atoms. The first-order valence-electron chi connectivity index (χ1n) is 8.53. The zero-order valence-electron chi connectivity index (χ0n) is 14.7. The highest BCUT2D eigenvalue weighted by molar-refractivity contribution is 5.88. The van der Waals surface area contributed by atoms with Crippen molar-refractivity contribution >= 4 is 5.97 Å². The molecule has 134 valence electrons. The van der Waals surface area contributed by atoms with Crippen LogP contribution in [0.5, 0.6) is 5.75 Å². The van der Waals surface area contributed by atoms with Crippen molar-refractivity contribution in [1.82, 2.24) is 15.0 Å². The number of ether oxygens (including phenoxy) is 1. The minimum Gasteiger partial charge on any atom is -0.422 e. The minimum absolute atomic E-state index is 0.125. The molecule has 0 atom stereocenters. The van der Waals surface area contributed by atoms with E-state index in [4.69, 9.17) is 10.00 Å². The molecular formula is C22H14N4O2. The molecule has 0 fully saturated rings. The Morgan fingerprint density at radius 2 is 1.54 bits per heavy atom. The maximum atomic E-state index is 12.3. The third-order valence-corrected chi connectivity index (χ3v) is 4.14. The van der Waals surface area contributed by atoms with E-state index in [0.29, 0.717) is 11.3 Å². The highest BCUT2D eigenvalue weighted by Gasteiger charge is 2.14. The van der Waals surface area contributed by atoms with E-state index in [2.05, 4.69) is 16.4 Å². The largest absolute Gasteiger partial charge is 0.422 e. The van der Waals surface area contributed by atoms with Gasteiger partial charge in [-0.05, 0) is 47.5 Å². The summed E-state index contributed by atoms with van der Waals surface area (Å²) in [6, 6.07) is 25.9. The van der Waals surface area contributed by atoms with Crippen LogP contribution >= 0.6 is 0 Å². The third kappa shape index (κ3) is 3.64. The summed E-state index contributed by atoms with van der Waals surface area (Å²) in [5, 5.41) is 16.7. The Morgan fingerprint density at radius 3 is 2.18 bits per heavy atom. The molecule has 0 N–H and O–H groups in total. The fourth-order valence-corrected chi connectivity index (χ4v) is 2.68. The smallest absolute Gasteiger partial charge is 0.365 e. The highest BCUT2D eigenvalue weighted by Crippen LogP contribution is 2.23.